The lowest BCUT2D eigenvalue weighted by atomic mass is 10.1. The Morgan fingerprint density at radius 2 is 1.76 bits per heavy atom. The van der Waals surface area contributed by atoms with E-state index in [2.05, 4.69) is 5.10 Å². The number of halogens is 2. The van der Waals surface area contributed by atoms with Crippen LogP contribution in [0.2, 0.25) is 0 Å². The molecule has 2 N–H and O–H groups in total. The van der Waals surface area contributed by atoms with Gasteiger partial charge in [-0.05, 0) is 42.8 Å². The summed E-state index contributed by atoms with van der Waals surface area (Å²) in [6.07, 6.45) is 1.63. The molecule has 0 atom stereocenters. The van der Waals surface area contributed by atoms with E-state index in [1.54, 1.807) is 42.1 Å². The standard InChI is InChI=1S/C16H13F2N3/c1-10-2-3-11(8-14(10)18)16-15(19)9-21(20-16)13-6-4-12(17)5-7-13/h2-9H,19H2,1H3. The summed E-state index contributed by atoms with van der Waals surface area (Å²) in [7, 11) is 0. The predicted molar refractivity (Wildman–Crippen MR) is 78.1 cm³/mol. The van der Waals surface area contributed by atoms with Crippen molar-refractivity contribution in [3.63, 3.8) is 0 Å². The molecule has 0 bridgehead atoms. The van der Waals surface area contributed by atoms with Gasteiger partial charge in [-0.1, -0.05) is 12.1 Å². The lowest BCUT2D eigenvalue weighted by molar-refractivity contribution is 0.619. The number of nitrogen functional groups attached to an aromatic ring is 1. The summed E-state index contributed by atoms with van der Waals surface area (Å²) in [5, 5.41) is 4.35. The number of nitrogens with two attached hydrogens (primary N) is 1. The predicted octanol–water partition coefficient (Wildman–Crippen LogP) is 3.71. The molecule has 3 rings (SSSR count). The van der Waals surface area contributed by atoms with Gasteiger partial charge in [0.2, 0.25) is 0 Å². The first-order valence-corrected chi connectivity index (χ1v) is 6.42. The Morgan fingerprint density at radius 3 is 2.43 bits per heavy atom. The maximum absolute atomic E-state index is 13.7. The fourth-order valence-electron chi connectivity index (χ4n) is 2.08. The average Bonchev–Trinajstić information content (AvgIpc) is 2.85. The first-order valence-electron chi connectivity index (χ1n) is 6.42. The highest BCUT2D eigenvalue weighted by Crippen LogP contribution is 2.26. The smallest absolute Gasteiger partial charge is 0.126 e. The largest absolute Gasteiger partial charge is 0.396 e. The van der Waals surface area contributed by atoms with Gasteiger partial charge in [-0.2, -0.15) is 5.10 Å². The molecule has 3 aromatic rings. The molecule has 1 heterocycles. The van der Waals surface area contributed by atoms with Crippen molar-refractivity contribution in [1.82, 2.24) is 9.78 Å². The van der Waals surface area contributed by atoms with Crippen molar-refractivity contribution in [2.24, 2.45) is 0 Å². The van der Waals surface area contributed by atoms with Crippen LogP contribution in [-0.2, 0) is 0 Å². The van der Waals surface area contributed by atoms with E-state index in [9.17, 15) is 8.78 Å². The number of aromatic nitrogens is 2. The monoisotopic (exact) mass is 285 g/mol. The fourth-order valence-corrected chi connectivity index (χ4v) is 2.08. The lowest BCUT2D eigenvalue weighted by Gasteiger charge is -2.02. The second-order valence-electron chi connectivity index (χ2n) is 4.82. The number of anilines is 1. The summed E-state index contributed by atoms with van der Waals surface area (Å²) in [6.45, 7) is 1.69. The van der Waals surface area contributed by atoms with Crippen LogP contribution >= 0.6 is 0 Å². The van der Waals surface area contributed by atoms with E-state index >= 15 is 0 Å². The van der Waals surface area contributed by atoms with Crippen molar-refractivity contribution in [2.45, 2.75) is 6.92 Å². The first kappa shape index (κ1) is 13.3. The van der Waals surface area contributed by atoms with Gasteiger partial charge in [0.25, 0.3) is 0 Å². The SMILES string of the molecule is Cc1ccc(-c2nn(-c3ccc(F)cc3)cc2N)cc1F. The first-order chi connectivity index (χ1) is 10.0. The van der Waals surface area contributed by atoms with E-state index in [-0.39, 0.29) is 11.6 Å². The minimum Gasteiger partial charge on any atom is -0.396 e. The van der Waals surface area contributed by atoms with Gasteiger partial charge in [0.05, 0.1) is 17.6 Å². The highest BCUT2D eigenvalue weighted by atomic mass is 19.1. The van der Waals surface area contributed by atoms with Crippen LogP contribution in [0, 0.1) is 18.6 Å². The van der Waals surface area contributed by atoms with Crippen LogP contribution in [0.3, 0.4) is 0 Å². The molecule has 1 aromatic heterocycles. The third-order valence-electron chi connectivity index (χ3n) is 3.28. The van der Waals surface area contributed by atoms with Crippen LogP contribution < -0.4 is 5.73 Å². The van der Waals surface area contributed by atoms with Gasteiger partial charge >= 0.3 is 0 Å². The van der Waals surface area contributed by atoms with Gasteiger partial charge in [-0.3, -0.25) is 0 Å². The van der Waals surface area contributed by atoms with E-state index in [0.29, 0.717) is 28.2 Å². The number of benzene rings is 2. The molecule has 2 aromatic carbocycles. The number of hydrogen-bond donors (Lipinski definition) is 1. The Labute approximate surface area is 120 Å². The van der Waals surface area contributed by atoms with Crippen LogP contribution in [0.25, 0.3) is 16.9 Å². The van der Waals surface area contributed by atoms with Crippen molar-refractivity contribution in [1.29, 1.82) is 0 Å². The minimum absolute atomic E-state index is 0.303. The molecular weight excluding hydrogens is 272 g/mol. The molecule has 21 heavy (non-hydrogen) atoms. The summed E-state index contributed by atoms with van der Waals surface area (Å²) in [5.41, 5.74) is 8.74. The summed E-state index contributed by atoms with van der Waals surface area (Å²) in [5.74, 6) is -0.622. The van der Waals surface area contributed by atoms with E-state index in [4.69, 9.17) is 5.73 Å². The average molecular weight is 285 g/mol. The van der Waals surface area contributed by atoms with Crippen LogP contribution in [0.4, 0.5) is 14.5 Å². The van der Waals surface area contributed by atoms with Gasteiger partial charge in [0.15, 0.2) is 0 Å². The van der Waals surface area contributed by atoms with Crippen LogP contribution in [-0.4, -0.2) is 9.78 Å². The van der Waals surface area contributed by atoms with E-state index in [0.717, 1.165) is 0 Å². The van der Waals surface area contributed by atoms with Gasteiger partial charge in [0, 0.05) is 5.56 Å². The molecule has 0 unspecified atom stereocenters. The molecule has 0 aliphatic carbocycles. The summed E-state index contributed by atoms with van der Waals surface area (Å²) >= 11 is 0. The van der Waals surface area contributed by atoms with Crippen molar-refractivity contribution >= 4 is 5.69 Å². The Hall–Kier alpha value is -2.69. The van der Waals surface area contributed by atoms with Crippen LogP contribution in [0.15, 0.2) is 48.7 Å². The molecule has 0 saturated carbocycles. The highest BCUT2D eigenvalue weighted by molar-refractivity contribution is 5.72. The zero-order valence-corrected chi connectivity index (χ0v) is 11.3. The second-order valence-corrected chi connectivity index (χ2v) is 4.82. The van der Waals surface area contributed by atoms with E-state index in [1.165, 1.54) is 18.2 Å². The Balaban J connectivity index is 2.05. The third kappa shape index (κ3) is 2.50. The number of nitrogens with zero attached hydrogens (tertiary/aromatic N) is 2. The molecule has 0 fully saturated rings. The quantitative estimate of drug-likeness (QED) is 0.780. The van der Waals surface area contributed by atoms with Crippen molar-refractivity contribution in [3.8, 4) is 16.9 Å². The molecule has 0 amide bonds. The molecule has 0 radical (unpaired) electrons. The highest BCUT2D eigenvalue weighted by Gasteiger charge is 2.11. The zero-order valence-electron chi connectivity index (χ0n) is 11.3. The molecule has 5 heteroatoms. The second kappa shape index (κ2) is 5.01. The van der Waals surface area contributed by atoms with E-state index in [1.807, 2.05) is 0 Å². The molecule has 0 saturated heterocycles. The molecule has 0 aliphatic rings. The number of hydrogen-bond acceptors (Lipinski definition) is 2. The van der Waals surface area contributed by atoms with Crippen LogP contribution in [0.5, 0.6) is 0 Å². The molecule has 106 valence electrons. The third-order valence-corrected chi connectivity index (χ3v) is 3.28. The summed E-state index contributed by atoms with van der Waals surface area (Å²) < 4.78 is 28.1. The van der Waals surface area contributed by atoms with Crippen LogP contribution in [0.1, 0.15) is 5.56 Å². The molecule has 0 aliphatic heterocycles. The number of aryl methyl sites for hydroxylation is 1. The molecule has 0 spiro atoms. The zero-order chi connectivity index (χ0) is 15.0. The maximum Gasteiger partial charge on any atom is 0.126 e. The normalized spacial score (nSPS) is 10.8. The van der Waals surface area contributed by atoms with Gasteiger partial charge < -0.3 is 5.73 Å². The summed E-state index contributed by atoms with van der Waals surface area (Å²) in [4.78, 5) is 0. The summed E-state index contributed by atoms with van der Waals surface area (Å²) in [6, 6.07) is 10.7. The lowest BCUT2D eigenvalue weighted by Crippen LogP contribution is -1.95. The van der Waals surface area contributed by atoms with Crippen molar-refractivity contribution in [3.05, 3.63) is 65.9 Å². The minimum atomic E-state index is -0.320. The van der Waals surface area contributed by atoms with Gasteiger partial charge in [-0.25, -0.2) is 13.5 Å². The topological polar surface area (TPSA) is 43.8 Å². The maximum atomic E-state index is 13.7. The Kier molecular flexibility index (Phi) is 3.17. The molecular formula is C16H13F2N3. The Morgan fingerprint density at radius 1 is 1.05 bits per heavy atom. The molecule has 3 nitrogen and oxygen atoms in total. The van der Waals surface area contributed by atoms with Gasteiger partial charge in [-0.15, -0.1) is 0 Å². The van der Waals surface area contributed by atoms with Crippen molar-refractivity contribution < 1.29 is 8.78 Å². The Bertz CT molecular complexity index is 792. The van der Waals surface area contributed by atoms with Gasteiger partial charge in [0.1, 0.15) is 17.3 Å². The van der Waals surface area contributed by atoms with Crippen molar-refractivity contribution in [2.75, 3.05) is 5.73 Å². The fraction of sp³-hybridized carbons (Fsp3) is 0.0625. The van der Waals surface area contributed by atoms with E-state index < -0.39 is 0 Å². The number of rotatable bonds is 2.